The van der Waals surface area contributed by atoms with E-state index < -0.39 is 0 Å². The Morgan fingerprint density at radius 1 is 1.50 bits per heavy atom. The number of hydrogen-bond donors (Lipinski definition) is 2. The molecular formula is C13H21N3OS. The molecule has 1 saturated carbocycles. The summed E-state index contributed by atoms with van der Waals surface area (Å²) in [6.45, 7) is 2.48. The van der Waals surface area contributed by atoms with E-state index in [4.69, 9.17) is 5.73 Å². The fraction of sp³-hybridized carbons (Fsp3) is 0.692. The van der Waals surface area contributed by atoms with Gasteiger partial charge < -0.3 is 11.1 Å². The normalized spacial score (nSPS) is 18.6. The number of amides is 1. The van der Waals surface area contributed by atoms with Crippen LogP contribution in [0.3, 0.4) is 0 Å². The number of nitrogens with zero attached hydrogens (tertiary/aromatic N) is 1. The minimum atomic E-state index is -0.277. The van der Waals surface area contributed by atoms with Crippen LogP contribution >= 0.6 is 11.3 Å². The van der Waals surface area contributed by atoms with E-state index in [0.29, 0.717) is 13.0 Å². The molecule has 0 unspecified atom stereocenters. The number of aryl methyl sites for hydroxylation is 1. The molecule has 5 heteroatoms. The van der Waals surface area contributed by atoms with Gasteiger partial charge in [0.05, 0.1) is 17.2 Å². The fourth-order valence-electron chi connectivity index (χ4n) is 2.49. The molecule has 1 aliphatic rings. The number of carbonyl (C=O) groups excluding carboxylic acids is 1. The summed E-state index contributed by atoms with van der Waals surface area (Å²) < 4.78 is 0. The molecule has 0 aromatic carbocycles. The lowest BCUT2D eigenvalue weighted by Crippen LogP contribution is -2.45. The van der Waals surface area contributed by atoms with Crippen molar-refractivity contribution in [3.05, 3.63) is 16.1 Å². The Kier molecular flexibility index (Phi) is 4.35. The average Bonchev–Trinajstić information content (AvgIpc) is 2.73. The molecule has 0 aliphatic heterocycles. The summed E-state index contributed by atoms with van der Waals surface area (Å²) in [4.78, 5) is 16.2. The van der Waals surface area contributed by atoms with Gasteiger partial charge in [-0.2, -0.15) is 0 Å². The molecule has 4 nitrogen and oxygen atoms in total. The minimum absolute atomic E-state index is 0.0463. The predicted octanol–water partition coefficient (Wildman–Crippen LogP) is 2.12. The minimum Gasteiger partial charge on any atom is -0.350 e. The van der Waals surface area contributed by atoms with E-state index in [1.54, 1.807) is 11.3 Å². The van der Waals surface area contributed by atoms with Gasteiger partial charge in [-0.1, -0.05) is 19.3 Å². The Labute approximate surface area is 112 Å². The number of carbonyl (C=O) groups is 1. The van der Waals surface area contributed by atoms with Crippen molar-refractivity contribution < 1.29 is 4.79 Å². The first-order valence-electron chi connectivity index (χ1n) is 6.54. The van der Waals surface area contributed by atoms with E-state index in [9.17, 15) is 4.79 Å². The van der Waals surface area contributed by atoms with Crippen molar-refractivity contribution in [2.75, 3.05) is 0 Å². The van der Waals surface area contributed by atoms with E-state index in [-0.39, 0.29) is 11.4 Å². The van der Waals surface area contributed by atoms with E-state index in [0.717, 1.165) is 36.4 Å². The van der Waals surface area contributed by atoms with Gasteiger partial charge >= 0.3 is 0 Å². The van der Waals surface area contributed by atoms with Gasteiger partial charge in [0, 0.05) is 17.3 Å². The molecule has 1 heterocycles. The number of nitrogens with one attached hydrogen (secondary N) is 1. The molecule has 1 aromatic rings. The Morgan fingerprint density at radius 2 is 2.22 bits per heavy atom. The maximum absolute atomic E-state index is 11.9. The second-order valence-electron chi connectivity index (χ2n) is 5.23. The summed E-state index contributed by atoms with van der Waals surface area (Å²) in [7, 11) is 0. The maximum Gasteiger partial charge on any atom is 0.222 e. The fourth-order valence-corrected chi connectivity index (χ4v) is 3.11. The topological polar surface area (TPSA) is 68.0 Å². The summed E-state index contributed by atoms with van der Waals surface area (Å²) in [5.74, 6) is 0.0463. The van der Waals surface area contributed by atoms with Gasteiger partial charge in [-0.3, -0.25) is 4.79 Å². The van der Waals surface area contributed by atoms with Crippen LogP contribution in [0, 0.1) is 6.92 Å². The smallest absolute Gasteiger partial charge is 0.222 e. The van der Waals surface area contributed by atoms with Crippen LogP contribution in [0.25, 0.3) is 0 Å². The van der Waals surface area contributed by atoms with Crippen LogP contribution in [-0.4, -0.2) is 16.4 Å². The maximum atomic E-state index is 11.9. The largest absolute Gasteiger partial charge is 0.350 e. The number of hydrogen-bond acceptors (Lipinski definition) is 4. The van der Waals surface area contributed by atoms with Crippen LogP contribution in [0.4, 0.5) is 0 Å². The zero-order valence-electron chi connectivity index (χ0n) is 10.9. The third-order valence-corrected chi connectivity index (χ3v) is 4.32. The molecule has 1 aromatic heterocycles. The summed E-state index contributed by atoms with van der Waals surface area (Å²) in [6.07, 6.45) is 5.92. The van der Waals surface area contributed by atoms with Gasteiger partial charge in [-0.25, -0.2) is 4.98 Å². The molecule has 0 atom stereocenters. The molecule has 100 valence electrons. The third-order valence-electron chi connectivity index (χ3n) is 3.50. The monoisotopic (exact) mass is 267 g/mol. The molecule has 0 radical (unpaired) electrons. The van der Waals surface area contributed by atoms with Crippen molar-refractivity contribution in [1.29, 1.82) is 0 Å². The van der Waals surface area contributed by atoms with Crippen LogP contribution in [-0.2, 0) is 11.3 Å². The predicted molar refractivity (Wildman–Crippen MR) is 73.3 cm³/mol. The summed E-state index contributed by atoms with van der Waals surface area (Å²) in [6, 6.07) is 0. The first-order valence-corrected chi connectivity index (χ1v) is 7.42. The number of aromatic nitrogens is 1. The van der Waals surface area contributed by atoms with Crippen molar-refractivity contribution in [3.63, 3.8) is 0 Å². The van der Waals surface area contributed by atoms with Crippen LogP contribution in [0.5, 0.6) is 0 Å². The van der Waals surface area contributed by atoms with Crippen molar-refractivity contribution >= 4 is 17.2 Å². The second-order valence-corrected chi connectivity index (χ2v) is 6.30. The molecular weight excluding hydrogens is 246 g/mol. The highest BCUT2D eigenvalue weighted by Crippen LogP contribution is 2.28. The molecule has 1 amide bonds. The van der Waals surface area contributed by atoms with Crippen molar-refractivity contribution in [1.82, 2.24) is 10.3 Å². The van der Waals surface area contributed by atoms with Gasteiger partial charge in [0.15, 0.2) is 0 Å². The lowest BCUT2D eigenvalue weighted by atomic mass is 9.80. The number of nitrogens with two attached hydrogens (primary N) is 1. The Hall–Kier alpha value is -0.940. The van der Waals surface area contributed by atoms with Gasteiger partial charge in [0.1, 0.15) is 0 Å². The van der Waals surface area contributed by atoms with E-state index >= 15 is 0 Å². The van der Waals surface area contributed by atoms with Gasteiger partial charge in [0.25, 0.3) is 0 Å². The lowest BCUT2D eigenvalue weighted by Gasteiger charge is -2.32. The molecule has 1 aliphatic carbocycles. The standard InChI is InChI=1S/C13H21N3OS/c1-10-16-11(9-18-10)8-15-12(17)7-13(14)5-3-2-4-6-13/h9H,2-8,14H2,1H3,(H,15,17). The zero-order chi connectivity index (χ0) is 13.0. The van der Waals surface area contributed by atoms with Crippen molar-refractivity contribution in [2.45, 2.75) is 57.5 Å². The van der Waals surface area contributed by atoms with Crippen LogP contribution in [0.1, 0.15) is 49.2 Å². The van der Waals surface area contributed by atoms with Crippen molar-refractivity contribution in [3.8, 4) is 0 Å². The Balaban J connectivity index is 1.78. The first kappa shape index (κ1) is 13.5. The molecule has 3 N–H and O–H groups in total. The number of thiazole rings is 1. The molecule has 0 saturated heterocycles. The third kappa shape index (κ3) is 3.78. The van der Waals surface area contributed by atoms with Gasteiger partial charge in [-0.15, -0.1) is 11.3 Å². The SMILES string of the molecule is Cc1nc(CNC(=O)CC2(N)CCCCC2)cs1. The molecule has 18 heavy (non-hydrogen) atoms. The first-order chi connectivity index (χ1) is 8.57. The summed E-state index contributed by atoms with van der Waals surface area (Å²) >= 11 is 1.60. The highest BCUT2D eigenvalue weighted by atomic mass is 32.1. The van der Waals surface area contributed by atoms with Crippen LogP contribution in [0.2, 0.25) is 0 Å². The van der Waals surface area contributed by atoms with Crippen LogP contribution in [0.15, 0.2) is 5.38 Å². The molecule has 2 rings (SSSR count). The highest BCUT2D eigenvalue weighted by molar-refractivity contribution is 7.09. The van der Waals surface area contributed by atoms with Crippen molar-refractivity contribution in [2.24, 2.45) is 5.73 Å². The molecule has 1 fully saturated rings. The summed E-state index contributed by atoms with van der Waals surface area (Å²) in [5.41, 5.74) is 6.91. The van der Waals surface area contributed by atoms with E-state index in [1.807, 2.05) is 12.3 Å². The van der Waals surface area contributed by atoms with Gasteiger partial charge in [-0.05, 0) is 19.8 Å². The summed E-state index contributed by atoms with van der Waals surface area (Å²) in [5, 5.41) is 5.92. The average molecular weight is 267 g/mol. The molecule has 0 bridgehead atoms. The lowest BCUT2D eigenvalue weighted by molar-refractivity contribution is -0.122. The zero-order valence-corrected chi connectivity index (χ0v) is 11.7. The van der Waals surface area contributed by atoms with Crippen LogP contribution < -0.4 is 11.1 Å². The Bertz CT molecular complexity index is 410. The highest BCUT2D eigenvalue weighted by Gasteiger charge is 2.29. The van der Waals surface area contributed by atoms with Gasteiger partial charge in [0.2, 0.25) is 5.91 Å². The Morgan fingerprint density at radius 3 is 2.83 bits per heavy atom. The second kappa shape index (κ2) is 5.80. The number of rotatable bonds is 4. The molecule has 0 spiro atoms. The quantitative estimate of drug-likeness (QED) is 0.878. The van der Waals surface area contributed by atoms with E-state index in [2.05, 4.69) is 10.3 Å². The van der Waals surface area contributed by atoms with E-state index in [1.165, 1.54) is 6.42 Å².